The van der Waals surface area contributed by atoms with Gasteiger partial charge in [-0.15, -0.1) is 10.2 Å². The lowest BCUT2D eigenvalue weighted by Gasteiger charge is -2.31. The second kappa shape index (κ2) is 6.70. The zero-order chi connectivity index (χ0) is 16.2. The van der Waals surface area contributed by atoms with Gasteiger partial charge in [0.2, 0.25) is 5.91 Å². The van der Waals surface area contributed by atoms with E-state index in [2.05, 4.69) is 15.5 Å². The summed E-state index contributed by atoms with van der Waals surface area (Å²) in [4.78, 5) is 26.3. The molecule has 1 aliphatic rings. The summed E-state index contributed by atoms with van der Waals surface area (Å²) in [6.07, 6.45) is 1.70. The van der Waals surface area contributed by atoms with Gasteiger partial charge in [-0.05, 0) is 6.92 Å². The summed E-state index contributed by atoms with van der Waals surface area (Å²) in [7, 11) is 0. The Morgan fingerprint density at radius 3 is 2.83 bits per heavy atom. The summed E-state index contributed by atoms with van der Waals surface area (Å²) in [6, 6.07) is 8.64. The first-order valence-electron chi connectivity index (χ1n) is 7.62. The maximum atomic E-state index is 12.3. The van der Waals surface area contributed by atoms with Crippen LogP contribution in [0.4, 0.5) is 0 Å². The van der Waals surface area contributed by atoms with Crippen LogP contribution in [-0.2, 0) is 17.9 Å². The second-order valence-corrected chi connectivity index (χ2v) is 5.59. The van der Waals surface area contributed by atoms with Gasteiger partial charge >= 0.3 is 0 Å². The topological polar surface area (TPSA) is 80.1 Å². The first-order valence-corrected chi connectivity index (χ1v) is 7.62. The van der Waals surface area contributed by atoms with E-state index in [0.717, 1.165) is 18.9 Å². The molecule has 1 amide bonds. The quantitative estimate of drug-likeness (QED) is 0.812. The van der Waals surface area contributed by atoms with Crippen LogP contribution in [0.3, 0.4) is 0 Å². The molecule has 1 atom stereocenters. The highest BCUT2D eigenvalue weighted by molar-refractivity contribution is 5.99. The first-order chi connectivity index (χ1) is 11.1. The summed E-state index contributed by atoms with van der Waals surface area (Å²) in [5.41, 5.74) is 0.603. The number of amides is 1. The molecule has 0 bridgehead atoms. The number of benzene rings is 1. The molecule has 0 fully saturated rings. The normalized spacial score (nSPS) is 15.7. The fraction of sp³-hybridized carbons (Fsp3) is 0.375. The third kappa shape index (κ3) is 3.45. The number of hydrogen-bond acceptors (Lipinski definition) is 5. The maximum Gasteiger partial charge on any atom is 0.237 e. The molecule has 120 valence electrons. The van der Waals surface area contributed by atoms with Gasteiger partial charge in [-0.1, -0.05) is 30.3 Å². The zero-order valence-electron chi connectivity index (χ0n) is 13.0. The molecule has 2 aromatic rings. The Kier molecular flexibility index (Phi) is 4.47. The Morgan fingerprint density at radius 1 is 1.26 bits per heavy atom. The fourth-order valence-corrected chi connectivity index (χ4v) is 2.62. The van der Waals surface area contributed by atoms with Gasteiger partial charge < -0.3 is 9.88 Å². The van der Waals surface area contributed by atoms with Gasteiger partial charge in [-0.25, -0.2) is 0 Å². The summed E-state index contributed by atoms with van der Waals surface area (Å²) in [5, 5.41) is 10.6. The SMILES string of the molecule is CC(C(=O)NCC(=O)c1ccccc1)N1CCn2cnnc2C1. The van der Waals surface area contributed by atoms with E-state index in [1.165, 1.54) is 0 Å². The van der Waals surface area contributed by atoms with Crippen molar-refractivity contribution in [3.05, 3.63) is 48.0 Å². The fourth-order valence-electron chi connectivity index (χ4n) is 2.62. The number of carbonyl (C=O) groups excluding carboxylic acids is 2. The highest BCUT2D eigenvalue weighted by atomic mass is 16.2. The third-order valence-electron chi connectivity index (χ3n) is 4.11. The van der Waals surface area contributed by atoms with Crippen molar-refractivity contribution in [1.29, 1.82) is 0 Å². The van der Waals surface area contributed by atoms with Crippen LogP contribution < -0.4 is 5.32 Å². The average Bonchev–Trinajstić information content (AvgIpc) is 3.07. The number of carbonyl (C=O) groups is 2. The Balaban J connectivity index is 1.53. The molecule has 1 aliphatic heterocycles. The number of rotatable bonds is 5. The molecule has 0 aliphatic carbocycles. The van der Waals surface area contributed by atoms with Crippen molar-refractivity contribution in [1.82, 2.24) is 25.0 Å². The molecule has 1 aromatic carbocycles. The summed E-state index contributed by atoms with van der Waals surface area (Å²) in [5.74, 6) is 0.614. The van der Waals surface area contributed by atoms with E-state index in [-0.39, 0.29) is 24.3 Å². The number of nitrogens with one attached hydrogen (secondary N) is 1. The lowest BCUT2D eigenvalue weighted by Crippen LogP contribution is -2.48. The van der Waals surface area contributed by atoms with Crippen molar-refractivity contribution in [3.63, 3.8) is 0 Å². The Bertz CT molecular complexity index is 698. The smallest absolute Gasteiger partial charge is 0.237 e. The lowest BCUT2D eigenvalue weighted by atomic mass is 10.1. The Hall–Kier alpha value is -2.54. The molecular weight excluding hydrogens is 294 g/mol. The van der Waals surface area contributed by atoms with Gasteiger partial charge in [-0.2, -0.15) is 0 Å². The molecule has 2 heterocycles. The Labute approximate surface area is 134 Å². The minimum atomic E-state index is -0.316. The highest BCUT2D eigenvalue weighted by Crippen LogP contribution is 2.12. The van der Waals surface area contributed by atoms with E-state index in [1.54, 1.807) is 18.5 Å². The van der Waals surface area contributed by atoms with E-state index >= 15 is 0 Å². The molecule has 0 saturated carbocycles. The maximum absolute atomic E-state index is 12.3. The van der Waals surface area contributed by atoms with Crippen molar-refractivity contribution < 1.29 is 9.59 Å². The van der Waals surface area contributed by atoms with Crippen molar-refractivity contribution in [2.75, 3.05) is 13.1 Å². The predicted octanol–water partition coefficient (Wildman–Crippen LogP) is 0.481. The summed E-state index contributed by atoms with van der Waals surface area (Å²) in [6.45, 7) is 3.96. The van der Waals surface area contributed by atoms with Gasteiger partial charge in [0.05, 0.1) is 19.1 Å². The zero-order valence-corrected chi connectivity index (χ0v) is 13.0. The van der Waals surface area contributed by atoms with Gasteiger partial charge in [0, 0.05) is 18.7 Å². The van der Waals surface area contributed by atoms with Gasteiger partial charge in [0.15, 0.2) is 5.78 Å². The second-order valence-electron chi connectivity index (χ2n) is 5.59. The standard InChI is InChI=1S/C16H19N5O2/c1-12(20-7-8-21-11-18-19-15(21)10-20)16(23)17-9-14(22)13-5-3-2-4-6-13/h2-6,11-12H,7-10H2,1H3,(H,17,23). The minimum Gasteiger partial charge on any atom is -0.347 e. The number of aromatic nitrogens is 3. The van der Waals surface area contributed by atoms with Crippen molar-refractivity contribution >= 4 is 11.7 Å². The number of Topliss-reactive ketones (excluding diaryl/α,β-unsaturated/α-hetero) is 1. The third-order valence-corrected chi connectivity index (χ3v) is 4.11. The van der Waals surface area contributed by atoms with E-state index in [0.29, 0.717) is 12.1 Å². The molecular formula is C16H19N5O2. The average molecular weight is 313 g/mol. The number of ketones is 1. The number of hydrogen-bond donors (Lipinski definition) is 1. The van der Waals surface area contributed by atoms with Crippen LogP contribution in [0, 0.1) is 0 Å². The number of fused-ring (bicyclic) bond motifs is 1. The van der Waals surface area contributed by atoms with Crippen LogP contribution in [0.5, 0.6) is 0 Å². The van der Waals surface area contributed by atoms with Crippen LogP contribution in [0.25, 0.3) is 0 Å². The molecule has 0 spiro atoms. The highest BCUT2D eigenvalue weighted by Gasteiger charge is 2.26. The monoisotopic (exact) mass is 313 g/mol. The molecule has 23 heavy (non-hydrogen) atoms. The van der Waals surface area contributed by atoms with Crippen LogP contribution >= 0.6 is 0 Å². The number of nitrogens with zero attached hydrogens (tertiary/aromatic N) is 4. The largest absolute Gasteiger partial charge is 0.347 e. The van der Waals surface area contributed by atoms with Crippen LogP contribution in [-0.4, -0.2) is 50.5 Å². The van der Waals surface area contributed by atoms with Gasteiger partial charge in [0.25, 0.3) is 0 Å². The lowest BCUT2D eigenvalue weighted by molar-refractivity contribution is -0.126. The van der Waals surface area contributed by atoms with E-state index in [1.807, 2.05) is 34.6 Å². The van der Waals surface area contributed by atoms with Crippen LogP contribution in [0.2, 0.25) is 0 Å². The molecule has 7 nitrogen and oxygen atoms in total. The van der Waals surface area contributed by atoms with Gasteiger partial charge in [-0.3, -0.25) is 14.5 Å². The molecule has 3 rings (SSSR count). The predicted molar refractivity (Wildman–Crippen MR) is 83.7 cm³/mol. The summed E-state index contributed by atoms with van der Waals surface area (Å²) >= 11 is 0. The van der Waals surface area contributed by atoms with Gasteiger partial charge in [0.1, 0.15) is 12.2 Å². The molecule has 7 heteroatoms. The molecule has 0 saturated heterocycles. The van der Waals surface area contributed by atoms with Crippen molar-refractivity contribution in [3.8, 4) is 0 Å². The molecule has 1 unspecified atom stereocenters. The van der Waals surface area contributed by atoms with Crippen molar-refractivity contribution in [2.45, 2.75) is 26.1 Å². The summed E-state index contributed by atoms with van der Waals surface area (Å²) < 4.78 is 1.99. The van der Waals surface area contributed by atoms with Crippen LogP contribution in [0.1, 0.15) is 23.1 Å². The van der Waals surface area contributed by atoms with Crippen LogP contribution in [0.15, 0.2) is 36.7 Å². The first kappa shape index (κ1) is 15.4. The Morgan fingerprint density at radius 2 is 2.04 bits per heavy atom. The molecule has 0 radical (unpaired) electrons. The molecule has 1 N–H and O–H groups in total. The molecule has 1 aromatic heterocycles. The minimum absolute atomic E-state index is 0.0111. The van der Waals surface area contributed by atoms with E-state index < -0.39 is 0 Å². The van der Waals surface area contributed by atoms with Crippen molar-refractivity contribution in [2.24, 2.45) is 0 Å². The van der Waals surface area contributed by atoms with E-state index in [4.69, 9.17) is 0 Å². The van der Waals surface area contributed by atoms with E-state index in [9.17, 15) is 9.59 Å².